The predicted octanol–water partition coefficient (Wildman–Crippen LogP) is 3.20. The summed E-state index contributed by atoms with van der Waals surface area (Å²) in [6.45, 7) is 4.15. The molecule has 19 heavy (non-hydrogen) atoms. The lowest BCUT2D eigenvalue weighted by Crippen LogP contribution is -2.15. The van der Waals surface area contributed by atoms with E-state index < -0.39 is 0 Å². The summed E-state index contributed by atoms with van der Waals surface area (Å²) in [4.78, 5) is 4.43. The molecule has 0 aliphatic heterocycles. The first kappa shape index (κ1) is 13.5. The lowest BCUT2D eigenvalue weighted by Gasteiger charge is -2.18. The van der Waals surface area contributed by atoms with Crippen LogP contribution < -0.4 is 11.1 Å². The minimum absolute atomic E-state index is 0.165. The number of thiocarbonyl (C=S) groups is 1. The highest BCUT2D eigenvalue weighted by Gasteiger charge is 2.10. The third-order valence-corrected chi connectivity index (χ3v) is 3.24. The molecule has 0 bridgehead atoms. The van der Waals surface area contributed by atoms with Crippen LogP contribution in [0.5, 0.6) is 0 Å². The Morgan fingerprint density at radius 1 is 1.26 bits per heavy atom. The molecule has 0 fully saturated rings. The van der Waals surface area contributed by atoms with Crippen molar-refractivity contribution in [3.05, 3.63) is 59.4 Å². The van der Waals surface area contributed by atoms with Crippen LogP contribution in [-0.4, -0.2) is 9.97 Å². The summed E-state index contributed by atoms with van der Waals surface area (Å²) in [6, 6.07) is 10.2. The third kappa shape index (κ3) is 3.29. The summed E-state index contributed by atoms with van der Waals surface area (Å²) in [7, 11) is 0. The molecule has 1 atom stereocenters. The Balaban J connectivity index is 2.28. The van der Waals surface area contributed by atoms with Crippen molar-refractivity contribution >= 4 is 22.9 Å². The van der Waals surface area contributed by atoms with Crippen LogP contribution in [0.3, 0.4) is 0 Å². The molecule has 0 amide bonds. The number of benzene rings is 1. The lowest BCUT2D eigenvalue weighted by molar-refractivity contribution is 0.880. The Bertz CT molecular complexity index is 581. The molecule has 1 aromatic carbocycles. The van der Waals surface area contributed by atoms with Gasteiger partial charge in [-0.2, -0.15) is 0 Å². The quantitative estimate of drug-likeness (QED) is 0.838. The van der Waals surface area contributed by atoms with Crippen molar-refractivity contribution in [1.82, 2.24) is 4.98 Å². The van der Waals surface area contributed by atoms with Gasteiger partial charge in [-0.1, -0.05) is 18.3 Å². The molecule has 4 heteroatoms. The van der Waals surface area contributed by atoms with Crippen LogP contribution in [0, 0.1) is 6.92 Å². The molecular formula is C15H17N3S. The molecule has 3 nitrogen and oxygen atoms in total. The van der Waals surface area contributed by atoms with Gasteiger partial charge in [-0.25, -0.2) is 0 Å². The van der Waals surface area contributed by atoms with Gasteiger partial charge in [-0.15, -0.1) is 0 Å². The van der Waals surface area contributed by atoms with Gasteiger partial charge in [0, 0.05) is 29.7 Å². The zero-order valence-electron chi connectivity index (χ0n) is 11.1. The zero-order chi connectivity index (χ0) is 13.8. The Morgan fingerprint density at radius 3 is 2.58 bits per heavy atom. The molecule has 0 aliphatic rings. The number of nitrogens with zero attached hydrogens (tertiary/aromatic N) is 1. The molecule has 98 valence electrons. The van der Waals surface area contributed by atoms with Gasteiger partial charge in [-0.3, -0.25) is 4.98 Å². The maximum Gasteiger partial charge on any atom is 0.106 e. The smallest absolute Gasteiger partial charge is 0.106 e. The number of nitrogens with one attached hydrogen (secondary N) is 1. The van der Waals surface area contributed by atoms with Crippen LogP contribution in [0.2, 0.25) is 0 Å². The Labute approximate surface area is 118 Å². The fourth-order valence-corrected chi connectivity index (χ4v) is 2.14. The molecule has 0 saturated carbocycles. The number of nitrogens with two attached hydrogens (primary N) is 1. The SMILES string of the molecule is Cc1ccc(C(N)=S)c(NC(C)c2ccncc2)c1. The zero-order valence-corrected chi connectivity index (χ0v) is 11.9. The van der Waals surface area contributed by atoms with Gasteiger partial charge in [0.15, 0.2) is 0 Å². The largest absolute Gasteiger partial charge is 0.389 e. The Hall–Kier alpha value is -1.94. The van der Waals surface area contributed by atoms with Crippen molar-refractivity contribution in [2.75, 3.05) is 5.32 Å². The van der Waals surface area contributed by atoms with Crippen molar-refractivity contribution in [2.45, 2.75) is 19.9 Å². The van der Waals surface area contributed by atoms with Gasteiger partial charge in [0.2, 0.25) is 0 Å². The highest BCUT2D eigenvalue weighted by Crippen LogP contribution is 2.23. The molecule has 1 aromatic heterocycles. The van der Waals surface area contributed by atoms with Gasteiger partial charge >= 0.3 is 0 Å². The summed E-state index contributed by atoms with van der Waals surface area (Å²) in [5.41, 5.74) is 9.95. The number of rotatable bonds is 4. The normalized spacial score (nSPS) is 11.9. The third-order valence-electron chi connectivity index (χ3n) is 3.02. The van der Waals surface area contributed by atoms with E-state index in [2.05, 4.69) is 23.3 Å². The van der Waals surface area contributed by atoms with Gasteiger partial charge in [0.1, 0.15) is 4.99 Å². The number of pyridine rings is 1. The van der Waals surface area contributed by atoms with Gasteiger partial charge in [0.25, 0.3) is 0 Å². The fraction of sp³-hybridized carbons (Fsp3) is 0.200. The van der Waals surface area contributed by atoms with E-state index in [0.717, 1.165) is 11.3 Å². The summed E-state index contributed by atoms with van der Waals surface area (Å²) in [6.07, 6.45) is 3.58. The summed E-state index contributed by atoms with van der Waals surface area (Å²) in [5, 5.41) is 3.45. The van der Waals surface area contributed by atoms with Crippen LogP contribution in [0.1, 0.15) is 29.7 Å². The highest BCUT2D eigenvalue weighted by atomic mass is 32.1. The molecule has 2 aromatic rings. The average molecular weight is 271 g/mol. The Kier molecular flexibility index (Phi) is 4.12. The minimum atomic E-state index is 0.165. The first-order chi connectivity index (χ1) is 9.08. The molecule has 1 unspecified atom stereocenters. The second kappa shape index (κ2) is 5.80. The van der Waals surface area contributed by atoms with Crippen molar-refractivity contribution in [3.8, 4) is 0 Å². The van der Waals surface area contributed by atoms with Crippen molar-refractivity contribution in [2.24, 2.45) is 5.73 Å². The maximum absolute atomic E-state index is 5.76. The van der Waals surface area contributed by atoms with Crippen LogP contribution in [0.25, 0.3) is 0 Å². The number of hydrogen-bond acceptors (Lipinski definition) is 3. The maximum atomic E-state index is 5.76. The van der Waals surface area contributed by atoms with E-state index in [9.17, 15) is 0 Å². The van der Waals surface area contributed by atoms with Crippen molar-refractivity contribution in [1.29, 1.82) is 0 Å². The molecule has 0 spiro atoms. The Morgan fingerprint density at radius 2 is 1.95 bits per heavy atom. The van der Waals surface area contributed by atoms with Crippen molar-refractivity contribution < 1.29 is 0 Å². The number of anilines is 1. The predicted molar refractivity (Wildman–Crippen MR) is 83.3 cm³/mol. The first-order valence-corrected chi connectivity index (χ1v) is 6.55. The van der Waals surface area contributed by atoms with Crippen LogP contribution in [0.15, 0.2) is 42.7 Å². The second-order valence-corrected chi connectivity index (χ2v) is 5.00. The summed E-state index contributed by atoms with van der Waals surface area (Å²) in [5.74, 6) is 0. The number of aromatic nitrogens is 1. The van der Waals surface area contributed by atoms with Gasteiger partial charge in [-0.05, 0) is 49.2 Å². The molecule has 2 rings (SSSR count). The fourth-order valence-electron chi connectivity index (χ4n) is 1.96. The van der Waals surface area contributed by atoms with E-state index in [1.165, 1.54) is 11.1 Å². The standard InChI is InChI=1S/C15H17N3S/c1-10-3-4-13(15(16)19)14(9-10)18-11(2)12-5-7-17-8-6-12/h3-9,11,18H,1-2H3,(H2,16,19). The van der Waals surface area contributed by atoms with Crippen LogP contribution >= 0.6 is 12.2 Å². The van der Waals surface area contributed by atoms with E-state index in [4.69, 9.17) is 18.0 Å². The second-order valence-electron chi connectivity index (χ2n) is 4.56. The van der Waals surface area contributed by atoms with E-state index in [-0.39, 0.29) is 6.04 Å². The average Bonchev–Trinajstić information content (AvgIpc) is 2.39. The lowest BCUT2D eigenvalue weighted by atomic mass is 10.1. The molecular weight excluding hydrogens is 254 g/mol. The monoisotopic (exact) mass is 271 g/mol. The molecule has 3 N–H and O–H groups in total. The first-order valence-electron chi connectivity index (χ1n) is 6.15. The molecule has 1 heterocycles. The minimum Gasteiger partial charge on any atom is -0.389 e. The topological polar surface area (TPSA) is 50.9 Å². The molecule has 0 saturated heterocycles. The number of aryl methyl sites for hydroxylation is 1. The highest BCUT2D eigenvalue weighted by molar-refractivity contribution is 7.80. The van der Waals surface area contributed by atoms with Gasteiger partial charge in [0.05, 0.1) is 0 Å². The van der Waals surface area contributed by atoms with Crippen molar-refractivity contribution in [3.63, 3.8) is 0 Å². The van der Waals surface area contributed by atoms with Crippen LogP contribution in [0.4, 0.5) is 5.69 Å². The molecule has 0 radical (unpaired) electrons. The number of hydrogen-bond donors (Lipinski definition) is 2. The van der Waals surface area contributed by atoms with E-state index in [1.54, 1.807) is 12.4 Å². The van der Waals surface area contributed by atoms with E-state index in [0.29, 0.717) is 4.99 Å². The van der Waals surface area contributed by atoms with E-state index >= 15 is 0 Å². The van der Waals surface area contributed by atoms with Crippen LogP contribution in [-0.2, 0) is 0 Å². The molecule has 0 aliphatic carbocycles. The van der Waals surface area contributed by atoms with Gasteiger partial charge < -0.3 is 11.1 Å². The summed E-state index contributed by atoms with van der Waals surface area (Å²) < 4.78 is 0. The summed E-state index contributed by atoms with van der Waals surface area (Å²) >= 11 is 5.09. The van der Waals surface area contributed by atoms with E-state index in [1.807, 2.05) is 31.2 Å².